The van der Waals surface area contributed by atoms with E-state index in [1.807, 2.05) is 12.3 Å². The van der Waals surface area contributed by atoms with Gasteiger partial charge in [-0.15, -0.1) is 0 Å². The van der Waals surface area contributed by atoms with Gasteiger partial charge in [-0.2, -0.15) is 5.10 Å². The van der Waals surface area contributed by atoms with Crippen LogP contribution in [0.25, 0.3) is 27.4 Å². The van der Waals surface area contributed by atoms with E-state index in [0.29, 0.717) is 6.54 Å². The molecule has 86 valence electrons. The summed E-state index contributed by atoms with van der Waals surface area (Å²) < 4.78 is 0. The highest BCUT2D eigenvalue weighted by molar-refractivity contribution is 5.82. The van der Waals surface area contributed by atoms with Gasteiger partial charge in [-0.05, 0) is 42.1 Å². The van der Waals surface area contributed by atoms with Gasteiger partial charge in [0.15, 0.2) is 0 Å². The molecule has 0 radical (unpaired) electrons. The third-order valence-corrected chi connectivity index (χ3v) is 2.58. The molecule has 0 aliphatic heterocycles. The molecule has 17 heavy (non-hydrogen) atoms. The maximum atomic E-state index is 8.15. The molecule has 0 atom stereocenters. The third kappa shape index (κ3) is 2.65. The van der Waals surface area contributed by atoms with Gasteiger partial charge in [-0.3, -0.25) is 5.10 Å². The zero-order valence-corrected chi connectivity index (χ0v) is 9.59. The summed E-state index contributed by atoms with van der Waals surface area (Å²) in [5.41, 5.74) is 11.6. The van der Waals surface area contributed by atoms with E-state index in [0.717, 1.165) is 17.3 Å². The Morgan fingerprint density at radius 2 is 2.41 bits per heavy atom. The smallest absolute Gasteiger partial charge is 0.0653 e. The van der Waals surface area contributed by atoms with Gasteiger partial charge >= 0.3 is 0 Å². The van der Waals surface area contributed by atoms with E-state index >= 15 is 0 Å². The van der Waals surface area contributed by atoms with Gasteiger partial charge in [0.2, 0.25) is 0 Å². The average Bonchev–Trinajstić information content (AvgIpc) is 2.76. The lowest BCUT2D eigenvalue weighted by Crippen LogP contribution is -1.81. The molecule has 0 unspecified atom stereocenters. The number of H-pyrrole nitrogens is 1. The van der Waals surface area contributed by atoms with Gasteiger partial charge in [0, 0.05) is 16.8 Å². The zero-order chi connectivity index (χ0) is 12.1. The molecule has 1 aromatic carbocycles. The summed E-state index contributed by atoms with van der Waals surface area (Å²) >= 11 is 0. The molecule has 0 bridgehead atoms. The molecule has 1 N–H and O–H groups in total. The van der Waals surface area contributed by atoms with Crippen LogP contribution in [0.3, 0.4) is 0 Å². The van der Waals surface area contributed by atoms with Crippen LogP contribution in [0.1, 0.15) is 17.5 Å². The van der Waals surface area contributed by atoms with Crippen LogP contribution >= 0.6 is 0 Å². The third-order valence-electron chi connectivity index (χ3n) is 2.58. The summed E-state index contributed by atoms with van der Waals surface area (Å²) in [5, 5.41) is 11.5. The van der Waals surface area contributed by atoms with Crippen molar-refractivity contribution in [1.82, 2.24) is 10.2 Å². The van der Waals surface area contributed by atoms with Crippen molar-refractivity contribution in [3.05, 3.63) is 46.0 Å². The number of benzene rings is 1. The topological polar surface area (TPSA) is 77.4 Å². The molecule has 0 spiro atoms. The fourth-order valence-corrected chi connectivity index (χ4v) is 1.68. The normalized spacial score (nSPS) is 10.9. The summed E-state index contributed by atoms with van der Waals surface area (Å²) in [6, 6.07) is 4.17. The van der Waals surface area contributed by atoms with E-state index in [9.17, 15) is 0 Å². The largest absolute Gasteiger partial charge is 0.278 e. The minimum Gasteiger partial charge on any atom is -0.278 e. The van der Waals surface area contributed by atoms with Gasteiger partial charge in [0.25, 0.3) is 0 Å². The van der Waals surface area contributed by atoms with Crippen LogP contribution in [-0.2, 0) is 0 Å². The Hall–Kier alpha value is -2.26. The Bertz CT molecular complexity index is 590. The van der Waals surface area contributed by atoms with E-state index in [1.54, 1.807) is 0 Å². The second-order valence-corrected chi connectivity index (χ2v) is 3.81. The number of aromatic nitrogens is 2. The highest BCUT2D eigenvalue weighted by atomic mass is 15.1. The number of hydrogen-bond acceptors (Lipinski definition) is 2. The molecule has 2 aromatic rings. The number of aromatic amines is 1. The first-order chi connectivity index (χ1) is 8.31. The van der Waals surface area contributed by atoms with Crippen molar-refractivity contribution in [2.75, 3.05) is 6.54 Å². The monoisotopic (exact) mass is 227 g/mol. The fraction of sp³-hybridized carbons (Fsp3) is 0.250. The average molecular weight is 227 g/mol. The van der Waals surface area contributed by atoms with Gasteiger partial charge in [0.05, 0.1) is 11.7 Å². The number of nitrogens with zero attached hydrogens (tertiary/aromatic N) is 4. The highest BCUT2D eigenvalue weighted by Gasteiger charge is 1.99. The van der Waals surface area contributed by atoms with Crippen LogP contribution in [0.4, 0.5) is 0 Å². The lowest BCUT2D eigenvalue weighted by atomic mass is 10.1. The number of aryl methyl sites for hydroxylation is 1. The Morgan fingerprint density at radius 3 is 3.24 bits per heavy atom. The molecule has 0 fully saturated rings. The van der Waals surface area contributed by atoms with Gasteiger partial charge < -0.3 is 0 Å². The minimum absolute atomic E-state index is 0.500. The second-order valence-electron chi connectivity index (χ2n) is 3.81. The first kappa shape index (κ1) is 11.2. The van der Waals surface area contributed by atoms with Crippen molar-refractivity contribution in [3.63, 3.8) is 0 Å². The number of azide groups is 1. The van der Waals surface area contributed by atoms with E-state index < -0.39 is 0 Å². The maximum absolute atomic E-state index is 8.15. The number of hydrogen-bond donors (Lipinski definition) is 1. The zero-order valence-electron chi connectivity index (χ0n) is 9.59. The Kier molecular flexibility index (Phi) is 3.43. The van der Waals surface area contributed by atoms with Crippen LogP contribution < -0.4 is 0 Å². The van der Waals surface area contributed by atoms with Gasteiger partial charge in [-0.25, -0.2) is 0 Å². The van der Waals surface area contributed by atoms with E-state index in [-0.39, 0.29) is 0 Å². The van der Waals surface area contributed by atoms with Crippen molar-refractivity contribution >= 4 is 17.0 Å². The SMILES string of the molecule is Cc1cc2[nH]ncc2cc1C=CCCN=[N+]=[N-]. The van der Waals surface area contributed by atoms with Crippen LogP contribution in [-0.4, -0.2) is 16.7 Å². The number of nitrogens with one attached hydrogen (secondary N) is 1. The molecule has 0 amide bonds. The molecule has 5 nitrogen and oxygen atoms in total. The molecule has 2 rings (SSSR count). The summed E-state index contributed by atoms with van der Waals surface area (Å²) in [4.78, 5) is 2.71. The Morgan fingerprint density at radius 1 is 1.53 bits per heavy atom. The highest BCUT2D eigenvalue weighted by Crippen LogP contribution is 2.18. The van der Waals surface area contributed by atoms with Crippen LogP contribution in [0.5, 0.6) is 0 Å². The molecule has 0 aliphatic rings. The molecular weight excluding hydrogens is 214 g/mol. The summed E-state index contributed by atoms with van der Waals surface area (Å²) in [6.07, 6.45) is 6.64. The van der Waals surface area contributed by atoms with Crippen molar-refractivity contribution in [2.45, 2.75) is 13.3 Å². The number of rotatable bonds is 4. The minimum atomic E-state index is 0.500. The maximum Gasteiger partial charge on any atom is 0.0653 e. The van der Waals surface area contributed by atoms with Gasteiger partial charge in [-0.1, -0.05) is 17.3 Å². The van der Waals surface area contributed by atoms with Crippen LogP contribution in [0.2, 0.25) is 0 Å². The van der Waals surface area contributed by atoms with Crippen molar-refractivity contribution in [3.8, 4) is 0 Å². The molecule has 0 saturated carbocycles. The Balaban J connectivity index is 2.17. The second kappa shape index (κ2) is 5.18. The van der Waals surface area contributed by atoms with E-state index in [2.05, 4.69) is 45.4 Å². The lowest BCUT2D eigenvalue weighted by molar-refractivity contribution is 0.995. The molecular formula is C12H13N5. The van der Waals surface area contributed by atoms with Crippen molar-refractivity contribution in [2.24, 2.45) is 5.11 Å². The summed E-state index contributed by atoms with van der Waals surface area (Å²) in [6.45, 7) is 2.56. The summed E-state index contributed by atoms with van der Waals surface area (Å²) in [5.74, 6) is 0. The van der Waals surface area contributed by atoms with Crippen LogP contribution in [0.15, 0.2) is 29.5 Å². The first-order valence-electron chi connectivity index (χ1n) is 5.42. The predicted molar refractivity (Wildman–Crippen MR) is 68.5 cm³/mol. The molecule has 1 aromatic heterocycles. The van der Waals surface area contributed by atoms with Gasteiger partial charge in [0.1, 0.15) is 0 Å². The van der Waals surface area contributed by atoms with E-state index in [1.165, 1.54) is 11.1 Å². The summed E-state index contributed by atoms with van der Waals surface area (Å²) in [7, 11) is 0. The molecule has 5 heteroatoms. The van der Waals surface area contributed by atoms with Crippen molar-refractivity contribution in [1.29, 1.82) is 0 Å². The number of fused-ring (bicyclic) bond motifs is 1. The molecule has 0 saturated heterocycles. The van der Waals surface area contributed by atoms with E-state index in [4.69, 9.17) is 5.53 Å². The first-order valence-corrected chi connectivity index (χ1v) is 5.42. The fourth-order valence-electron chi connectivity index (χ4n) is 1.68. The van der Waals surface area contributed by atoms with Crippen LogP contribution in [0, 0.1) is 6.92 Å². The predicted octanol–water partition coefficient (Wildman–Crippen LogP) is 3.58. The molecule has 0 aliphatic carbocycles. The van der Waals surface area contributed by atoms with Crippen molar-refractivity contribution < 1.29 is 0 Å². The lowest BCUT2D eigenvalue weighted by Gasteiger charge is -2.00. The Labute approximate surface area is 98.8 Å². The molecule has 1 heterocycles. The quantitative estimate of drug-likeness (QED) is 0.368. The standard InChI is InChI=1S/C12H13N5/c1-9-6-12-11(8-15-16-12)7-10(9)4-2-3-5-14-17-13/h2,4,6-8H,3,5H2,1H3,(H,15,16).